The lowest BCUT2D eigenvalue weighted by molar-refractivity contribution is 0.0509. The number of halogens is 1. The summed E-state index contributed by atoms with van der Waals surface area (Å²) in [5, 5.41) is 4.09. The van der Waals surface area contributed by atoms with E-state index in [-0.39, 0.29) is 12.1 Å². The van der Waals surface area contributed by atoms with Gasteiger partial charge in [-0.3, -0.25) is 0 Å². The number of hydrogen-bond acceptors (Lipinski definition) is 3. The summed E-state index contributed by atoms with van der Waals surface area (Å²) in [6, 6.07) is 6.09. The highest BCUT2D eigenvalue weighted by atomic mass is 35.5. The second-order valence-electron chi connectivity index (χ2n) is 4.85. The zero-order valence-electron chi connectivity index (χ0n) is 11.1. The molecule has 0 aromatic heterocycles. The van der Waals surface area contributed by atoms with E-state index in [1.807, 2.05) is 25.2 Å². The van der Waals surface area contributed by atoms with Crippen molar-refractivity contribution in [1.82, 2.24) is 5.32 Å². The molecule has 3 unspecified atom stereocenters. The maximum atomic E-state index is 6.05. The molecule has 4 heteroatoms. The van der Waals surface area contributed by atoms with Crippen LogP contribution in [0.1, 0.15) is 24.9 Å². The van der Waals surface area contributed by atoms with Crippen LogP contribution in [0.5, 0.6) is 5.75 Å². The third kappa shape index (κ3) is 2.79. The van der Waals surface area contributed by atoms with E-state index in [2.05, 4.69) is 12.2 Å². The van der Waals surface area contributed by atoms with Gasteiger partial charge in [-0.05, 0) is 25.2 Å². The van der Waals surface area contributed by atoms with E-state index >= 15 is 0 Å². The first-order valence-electron chi connectivity index (χ1n) is 6.28. The summed E-state index contributed by atoms with van der Waals surface area (Å²) >= 11 is 6.04. The fourth-order valence-electron chi connectivity index (χ4n) is 2.46. The van der Waals surface area contributed by atoms with E-state index < -0.39 is 0 Å². The van der Waals surface area contributed by atoms with Crippen LogP contribution < -0.4 is 10.1 Å². The predicted molar refractivity (Wildman–Crippen MR) is 73.3 cm³/mol. The Hall–Kier alpha value is -0.770. The molecule has 0 saturated heterocycles. The molecular formula is C14H20ClNO2. The number of benzene rings is 1. The molecule has 1 aromatic rings. The van der Waals surface area contributed by atoms with Crippen molar-refractivity contribution in [2.24, 2.45) is 5.92 Å². The minimum absolute atomic E-state index is 0.177. The number of methoxy groups -OCH3 is 1. The number of ether oxygens (including phenoxy) is 2. The Morgan fingerprint density at radius 1 is 1.56 bits per heavy atom. The number of rotatable bonds is 4. The van der Waals surface area contributed by atoms with Crippen molar-refractivity contribution in [3.63, 3.8) is 0 Å². The van der Waals surface area contributed by atoms with Gasteiger partial charge in [0.25, 0.3) is 0 Å². The van der Waals surface area contributed by atoms with Gasteiger partial charge in [-0.25, -0.2) is 0 Å². The first-order chi connectivity index (χ1) is 8.65. The smallest absolute Gasteiger partial charge is 0.124 e. The second kappa shape index (κ2) is 5.91. The van der Waals surface area contributed by atoms with Crippen LogP contribution in [0.4, 0.5) is 0 Å². The highest BCUT2D eigenvalue weighted by molar-refractivity contribution is 6.30. The van der Waals surface area contributed by atoms with Crippen molar-refractivity contribution >= 4 is 11.6 Å². The van der Waals surface area contributed by atoms with Crippen LogP contribution in [0.3, 0.4) is 0 Å². The summed E-state index contributed by atoms with van der Waals surface area (Å²) in [6.07, 6.45) is 1.12. The monoisotopic (exact) mass is 269 g/mol. The molecule has 2 rings (SSSR count). The van der Waals surface area contributed by atoms with Crippen molar-refractivity contribution in [2.75, 3.05) is 20.8 Å². The summed E-state index contributed by atoms with van der Waals surface area (Å²) in [5.41, 5.74) is 1.14. The van der Waals surface area contributed by atoms with Gasteiger partial charge in [-0.2, -0.15) is 0 Å². The van der Waals surface area contributed by atoms with Gasteiger partial charge in [-0.1, -0.05) is 18.5 Å². The van der Waals surface area contributed by atoms with Crippen molar-refractivity contribution in [1.29, 1.82) is 0 Å². The van der Waals surface area contributed by atoms with Crippen molar-refractivity contribution in [3.05, 3.63) is 28.8 Å². The van der Waals surface area contributed by atoms with Gasteiger partial charge in [0.15, 0.2) is 0 Å². The summed E-state index contributed by atoms with van der Waals surface area (Å²) < 4.78 is 11.3. The van der Waals surface area contributed by atoms with Crippen LogP contribution in [-0.2, 0) is 4.74 Å². The van der Waals surface area contributed by atoms with Crippen LogP contribution in [0.2, 0.25) is 5.02 Å². The topological polar surface area (TPSA) is 30.5 Å². The Bertz CT molecular complexity index is 411. The normalized spacial score (nSPS) is 24.2. The third-order valence-corrected chi connectivity index (χ3v) is 3.74. The standard InChI is InChI=1S/C14H20ClNO2/c1-9(8-17-3)14-7-12(16-2)11-6-10(15)4-5-13(11)18-14/h4-6,9,12,14,16H,7-8H2,1-3H3. The molecule has 100 valence electrons. The zero-order valence-corrected chi connectivity index (χ0v) is 11.8. The number of hydrogen-bond donors (Lipinski definition) is 1. The average molecular weight is 270 g/mol. The van der Waals surface area contributed by atoms with Crippen molar-refractivity contribution in [3.8, 4) is 5.75 Å². The molecule has 0 amide bonds. The first-order valence-corrected chi connectivity index (χ1v) is 6.65. The minimum atomic E-state index is 0.177. The summed E-state index contributed by atoms with van der Waals surface area (Å²) in [6.45, 7) is 2.87. The lowest BCUT2D eigenvalue weighted by atomic mass is 9.91. The second-order valence-corrected chi connectivity index (χ2v) is 5.28. The molecule has 18 heavy (non-hydrogen) atoms. The highest BCUT2D eigenvalue weighted by Crippen LogP contribution is 2.38. The minimum Gasteiger partial charge on any atom is -0.490 e. The Morgan fingerprint density at radius 3 is 3.00 bits per heavy atom. The van der Waals surface area contributed by atoms with Gasteiger partial charge in [0, 0.05) is 36.1 Å². The summed E-state index contributed by atoms with van der Waals surface area (Å²) in [5.74, 6) is 1.30. The van der Waals surface area contributed by atoms with Crippen LogP contribution in [-0.4, -0.2) is 26.9 Å². The molecule has 3 nitrogen and oxygen atoms in total. The number of nitrogens with one attached hydrogen (secondary N) is 1. The van der Waals surface area contributed by atoms with Crippen LogP contribution in [0.15, 0.2) is 18.2 Å². The van der Waals surface area contributed by atoms with Crippen molar-refractivity contribution in [2.45, 2.75) is 25.5 Å². The molecule has 0 spiro atoms. The first kappa shape index (κ1) is 13.7. The van der Waals surface area contributed by atoms with Crippen molar-refractivity contribution < 1.29 is 9.47 Å². The fourth-order valence-corrected chi connectivity index (χ4v) is 2.64. The van der Waals surface area contributed by atoms with E-state index in [0.717, 1.165) is 22.8 Å². The molecule has 0 fully saturated rings. The fraction of sp³-hybridized carbons (Fsp3) is 0.571. The van der Waals surface area contributed by atoms with E-state index in [1.165, 1.54) is 0 Å². The summed E-state index contributed by atoms with van der Waals surface area (Å²) in [4.78, 5) is 0. The molecule has 1 aromatic carbocycles. The molecule has 0 bridgehead atoms. The van der Waals surface area contributed by atoms with Gasteiger partial charge < -0.3 is 14.8 Å². The lowest BCUT2D eigenvalue weighted by Gasteiger charge is -2.35. The Morgan fingerprint density at radius 2 is 2.33 bits per heavy atom. The lowest BCUT2D eigenvalue weighted by Crippen LogP contribution is -2.36. The Balaban J connectivity index is 2.22. The van der Waals surface area contributed by atoms with Crippen LogP contribution in [0, 0.1) is 5.92 Å². The quantitative estimate of drug-likeness (QED) is 0.911. The maximum Gasteiger partial charge on any atom is 0.124 e. The van der Waals surface area contributed by atoms with E-state index in [4.69, 9.17) is 21.1 Å². The van der Waals surface area contributed by atoms with E-state index in [9.17, 15) is 0 Å². The average Bonchev–Trinajstić information content (AvgIpc) is 2.37. The SMILES string of the molecule is CNC1CC(C(C)COC)Oc2ccc(Cl)cc21. The molecule has 1 aliphatic rings. The van der Waals surface area contributed by atoms with Gasteiger partial charge in [0.2, 0.25) is 0 Å². The van der Waals surface area contributed by atoms with Crippen LogP contribution in [0.25, 0.3) is 0 Å². The zero-order chi connectivity index (χ0) is 13.1. The van der Waals surface area contributed by atoms with Gasteiger partial charge in [0.1, 0.15) is 11.9 Å². The molecule has 3 atom stereocenters. The molecule has 1 N–H and O–H groups in total. The largest absolute Gasteiger partial charge is 0.490 e. The van der Waals surface area contributed by atoms with Crippen LogP contribution >= 0.6 is 11.6 Å². The molecule has 0 radical (unpaired) electrons. The predicted octanol–water partition coefficient (Wildman–Crippen LogP) is 3.03. The molecule has 1 heterocycles. The number of fused-ring (bicyclic) bond motifs is 1. The van der Waals surface area contributed by atoms with Gasteiger partial charge in [-0.15, -0.1) is 0 Å². The third-order valence-electron chi connectivity index (χ3n) is 3.51. The maximum absolute atomic E-state index is 6.05. The molecular weight excluding hydrogens is 250 g/mol. The van der Waals surface area contributed by atoms with E-state index in [0.29, 0.717) is 12.5 Å². The Labute approximate surface area is 113 Å². The van der Waals surface area contributed by atoms with E-state index in [1.54, 1.807) is 7.11 Å². The van der Waals surface area contributed by atoms with Gasteiger partial charge >= 0.3 is 0 Å². The van der Waals surface area contributed by atoms with Gasteiger partial charge in [0.05, 0.1) is 6.61 Å². The molecule has 1 aliphatic heterocycles. The molecule has 0 saturated carbocycles. The highest BCUT2D eigenvalue weighted by Gasteiger charge is 2.30. The Kier molecular flexibility index (Phi) is 4.49. The summed E-state index contributed by atoms with van der Waals surface area (Å²) in [7, 11) is 3.70. The molecule has 0 aliphatic carbocycles.